The van der Waals surface area contributed by atoms with Crippen LogP contribution >= 0.6 is 0 Å². The molecule has 1 unspecified atom stereocenters. The van der Waals surface area contributed by atoms with Gasteiger partial charge in [-0.05, 0) is 61.1 Å². The number of halogens is 5. The van der Waals surface area contributed by atoms with Gasteiger partial charge in [0.05, 0.1) is 9.73 Å². The first-order valence-corrected chi connectivity index (χ1v) is 13.0. The molecule has 37 heavy (non-hydrogen) atoms. The van der Waals surface area contributed by atoms with Crippen molar-refractivity contribution >= 4 is 21.3 Å². The average Bonchev–Trinajstić information content (AvgIpc) is 2.76. The third kappa shape index (κ3) is 5.41. The van der Waals surface area contributed by atoms with Gasteiger partial charge in [-0.15, -0.1) is 10.2 Å². The van der Waals surface area contributed by atoms with E-state index >= 15 is 0 Å². The predicted molar refractivity (Wildman–Crippen MR) is 124 cm³/mol. The molecule has 1 heterocycles. The first-order valence-electron chi connectivity index (χ1n) is 11.0. The van der Waals surface area contributed by atoms with Crippen LogP contribution in [-0.2, 0) is 15.9 Å². The van der Waals surface area contributed by atoms with Crippen molar-refractivity contribution in [3.8, 4) is 11.6 Å². The fraction of sp³-hybridized carbons (Fsp3) is 0.292. The van der Waals surface area contributed by atoms with Gasteiger partial charge in [-0.3, -0.25) is 4.79 Å². The van der Waals surface area contributed by atoms with E-state index in [1.54, 1.807) is 0 Å². The lowest BCUT2D eigenvalue weighted by Crippen LogP contribution is -2.21. The van der Waals surface area contributed by atoms with Crippen LogP contribution in [0.1, 0.15) is 52.4 Å². The molecule has 1 aliphatic rings. The van der Waals surface area contributed by atoms with Gasteiger partial charge in [0.25, 0.3) is 11.8 Å². The number of benzene rings is 2. The van der Waals surface area contributed by atoms with Crippen LogP contribution in [0.2, 0.25) is 0 Å². The number of hydrogen-bond donors (Lipinski definition) is 2. The number of amides is 1. The van der Waals surface area contributed by atoms with Gasteiger partial charge in [-0.2, -0.15) is 17.6 Å². The van der Waals surface area contributed by atoms with E-state index < -0.39 is 61.9 Å². The van der Waals surface area contributed by atoms with Crippen LogP contribution in [0.4, 0.5) is 27.6 Å². The number of nitrogens with zero attached hydrogens (tertiary/aromatic N) is 2. The van der Waals surface area contributed by atoms with E-state index in [1.165, 1.54) is 30.3 Å². The number of alkyl halides is 3. The molecule has 196 valence electrons. The molecule has 1 aliphatic carbocycles. The standard InChI is InChI=1S/C24H21F5N4O3S/c1-12-18(22(34)31-14-7-4-8-15(11-14)37(2,30)35)23(33-32-21(12)24(27,28)29)36-17-10-9-16(13-5-3-6-13)19(25)20(17)26/h4,7-11,13,30H,3,5-6H2,1-2H3,(H,31,34). The molecule has 4 rings (SSSR count). The molecular weight excluding hydrogens is 519 g/mol. The molecule has 0 aliphatic heterocycles. The Hall–Kier alpha value is -3.61. The van der Waals surface area contributed by atoms with E-state index in [1.807, 2.05) is 0 Å². The number of nitrogens with one attached hydrogen (secondary N) is 2. The van der Waals surface area contributed by atoms with Crippen molar-refractivity contribution in [2.75, 3.05) is 11.6 Å². The second kappa shape index (κ2) is 9.69. The van der Waals surface area contributed by atoms with Crippen molar-refractivity contribution < 1.29 is 35.7 Å². The lowest BCUT2D eigenvalue weighted by Gasteiger charge is -2.26. The summed E-state index contributed by atoms with van der Waals surface area (Å²) in [7, 11) is -3.15. The number of aromatic nitrogens is 2. The van der Waals surface area contributed by atoms with Crippen molar-refractivity contribution in [1.29, 1.82) is 4.78 Å². The summed E-state index contributed by atoms with van der Waals surface area (Å²) in [5.74, 6) is -5.20. The zero-order valence-corrected chi connectivity index (χ0v) is 20.4. The lowest BCUT2D eigenvalue weighted by atomic mass is 9.80. The maximum atomic E-state index is 14.8. The summed E-state index contributed by atoms with van der Waals surface area (Å²) in [6.45, 7) is 0.967. The van der Waals surface area contributed by atoms with Crippen LogP contribution in [0.25, 0.3) is 0 Å². The van der Waals surface area contributed by atoms with Gasteiger partial charge in [0.1, 0.15) is 5.56 Å². The largest absolute Gasteiger partial charge is 0.435 e. The maximum Gasteiger partial charge on any atom is 0.435 e. The SMILES string of the molecule is Cc1c(C(F)(F)F)nnc(Oc2ccc(C3CCC3)c(F)c2F)c1C(=O)Nc1cccc(S(C)(=N)=O)c1. The smallest absolute Gasteiger partial charge is 0.434 e. The van der Waals surface area contributed by atoms with E-state index in [4.69, 9.17) is 9.52 Å². The first-order chi connectivity index (χ1) is 17.3. The van der Waals surface area contributed by atoms with Gasteiger partial charge in [0, 0.05) is 16.8 Å². The third-order valence-corrected chi connectivity index (χ3v) is 7.20. The molecule has 3 aromatic rings. The van der Waals surface area contributed by atoms with Crippen LogP contribution in [0, 0.1) is 23.3 Å². The van der Waals surface area contributed by atoms with Crippen LogP contribution in [0.5, 0.6) is 11.6 Å². The summed E-state index contributed by atoms with van der Waals surface area (Å²) in [6, 6.07) is 7.85. The van der Waals surface area contributed by atoms with E-state index in [2.05, 4.69) is 15.5 Å². The number of anilines is 1. The molecule has 1 amide bonds. The predicted octanol–water partition coefficient (Wildman–Crippen LogP) is 6.43. The molecule has 0 saturated heterocycles. The topological polar surface area (TPSA) is 105 Å². The lowest BCUT2D eigenvalue weighted by molar-refractivity contribution is -0.142. The van der Waals surface area contributed by atoms with E-state index in [0.29, 0.717) is 12.8 Å². The summed E-state index contributed by atoms with van der Waals surface area (Å²) in [5, 5.41) is 8.81. The summed E-state index contributed by atoms with van der Waals surface area (Å²) in [5.41, 5.74) is -2.63. The first kappa shape index (κ1) is 26.5. The summed E-state index contributed by atoms with van der Waals surface area (Å²) in [6.07, 6.45) is -1.50. The molecule has 13 heteroatoms. The Morgan fingerprint density at radius 1 is 1.14 bits per heavy atom. The van der Waals surface area contributed by atoms with Crippen LogP contribution < -0.4 is 10.1 Å². The monoisotopic (exact) mass is 540 g/mol. The number of carbonyl (C=O) groups is 1. The minimum Gasteiger partial charge on any atom is -0.434 e. The Morgan fingerprint density at radius 2 is 1.84 bits per heavy atom. The highest BCUT2D eigenvalue weighted by molar-refractivity contribution is 7.91. The van der Waals surface area contributed by atoms with Crippen molar-refractivity contribution in [1.82, 2.24) is 10.2 Å². The third-order valence-electron chi connectivity index (χ3n) is 6.05. The molecule has 2 N–H and O–H groups in total. The second-order valence-electron chi connectivity index (χ2n) is 8.69. The summed E-state index contributed by atoms with van der Waals surface area (Å²) < 4.78 is 95.0. The number of ether oxygens (including phenoxy) is 1. The summed E-state index contributed by atoms with van der Waals surface area (Å²) >= 11 is 0. The molecule has 0 radical (unpaired) electrons. The maximum absolute atomic E-state index is 14.8. The Balaban J connectivity index is 1.75. The Morgan fingerprint density at radius 3 is 2.43 bits per heavy atom. The molecule has 7 nitrogen and oxygen atoms in total. The highest BCUT2D eigenvalue weighted by atomic mass is 32.2. The number of rotatable bonds is 6. The Bertz CT molecular complexity index is 1490. The molecule has 1 fully saturated rings. The molecule has 1 saturated carbocycles. The Kier molecular flexibility index (Phi) is 6.93. The van der Waals surface area contributed by atoms with Crippen molar-refractivity contribution in [2.24, 2.45) is 0 Å². The number of carbonyl (C=O) groups excluding carboxylic acids is 1. The van der Waals surface area contributed by atoms with Gasteiger partial charge < -0.3 is 10.1 Å². The molecule has 1 atom stereocenters. The van der Waals surface area contributed by atoms with E-state index in [9.17, 15) is 31.0 Å². The van der Waals surface area contributed by atoms with Crippen LogP contribution in [0.3, 0.4) is 0 Å². The van der Waals surface area contributed by atoms with Gasteiger partial charge in [0.2, 0.25) is 5.82 Å². The highest BCUT2D eigenvalue weighted by Gasteiger charge is 2.38. The molecule has 2 aromatic carbocycles. The minimum absolute atomic E-state index is 0.0297. The number of hydrogen-bond acceptors (Lipinski definition) is 6. The zero-order chi connectivity index (χ0) is 27.1. The van der Waals surface area contributed by atoms with Crippen molar-refractivity contribution in [3.05, 3.63) is 70.4 Å². The molecule has 0 spiro atoms. The van der Waals surface area contributed by atoms with Gasteiger partial charge in [-0.25, -0.2) is 13.4 Å². The minimum atomic E-state index is -4.97. The molecule has 0 bridgehead atoms. The quantitative estimate of drug-likeness (QED) is 0.351. The summed E-state index contributed by atoms with van der Waals surface area (Å²) in [4.78, 5) is 13.2. The van der Waals surface area contributed by atoms with Gasteiger partial charge in [0.15, 0.2) is 17.3 Å². The second-order valence-corrected chi connectivity index (χ2v) is 10.8. The molecular formula is C24H21F5N4O3S. The molecule has 1 aromatic heterocycles. The van der Waals surface area contributed by atoms with E-state index in [0.717, 1.165) is 25.7 Å². The fourth-order valence-electron chi connectivity index (χ4n) is 3.88. The van der Waals surface area contributed by atoms with Gasteiger partial charge >= 0.3 is 6.18 Å². The normalized spacial score (nSPS) is 15.5. The van der Waals surface area contributed by atoms with E-state index in [-0.39, 0.29) is 22.1 Å². The van der Waals surface area contributed by atoms with Crippen molar-refractivity contribution in [3.63, 3.8) is 0 Å². The zero-order valence-electron chi connectivity index (χ0n) is 19.6. The average molecular weight is 541 g/mol. The van der Waals surface area contributed by atoms with Crippen molar-refractivity contribution in [2.45, 2.75) is 43.2 Å². The van der Waals surface area contributed by atoms with Gasteiger partial charge in [-0.1, -0.05) is 18.6 Å². The highest BCUT2D eigenvalue weighted by Crippen LogP contribution is 2.41. The fourth-order valence-corrected chi connectivity index (χ4v) is 4.57. The Labute approximate surface area is 209 Å². The van der Waals surface area contributed by atoms with Crippen LogP contribution in [-0.4, -0.2) is 26.6 Å². The van der Waals surface area contributed by atoms with Crippen LogP contribution in [0.15, 0.2) is 41.3 Å².